The van der Waals surface area contributed by atoms with Gasteiger partial charge in [0.1, 0.15) is 11.5 Å². The summed E-state index contributed by atoms with van der Waals surface area (Å²) in [4.78, 5) is 11.5. The van der Waals surface area contributed by atoms with E-state index in [1.807, 2.05) is 0 Å². The van der Waals surface area contributed by atoms with Gasteiger partial charge in [0.05, 0.1) is 22.3 Å². The van der Waals surface area contributed by atoms with Crippen LogP contribution >= 0.6 is 27.5 Å². The molecule has 19 heavy (non-hydrogen) atoms. The molecular formula is C12H9BrClFN2O2. The summed E-state index contributed by atoms with van der Waals surface area (Å²) in [6.07, 6.45) is 0. The number of benzene rings is 1. The van der Waals surface area contributed by atoms with Gasteiger partial charge in [-0.25, -0.2) is 13.9 Å². The predicted molar refractivity (Wildman–Crippen MR) is 72.3 cm³/mol. The molecule has 0 saturated heterocycles. The van der Waals surface area contributed by atoms with Crippen LogP contribution in [0.4, 0.5) is 4.39 Å². The maximum absolute atomic E-state index is 13.9. The zero-order valence-corrected chi connectivity index (χ0v) is 12.4. The third kappa shape index (κ3) is 2.37. The molecule has 7 heteroatoms. The van der Waals surface area contributed by atoms with Gasteiger partial charge in [0, 0.05) is 0 Å². The number of carbonyl (C=O) groups excluding carboxylic acids is 1. The van der Waals surface area contributed by atoms with Crippen molar-refractivity contribution in [2.45, 2.75) is 6.92 Å². The first-order chi connectivity index (χ1) is 8.97. The van der Waals surface area contributed by atoms with Gasteiger partial charge in [0.15, 0.2) is 5.69 Å². The number of nitrogens with zero attached hydrogens (tertiary/aromatic N) is 2. The number of esters is 1. The fourth-order valence-electron chi connectivity index (χ4n) is 1.62. The molecule has 0 unspecified atom stereocenters. The Morgan fingerprint density at radius 2 is 2.21 bits per heavy atom. The van der Waals surface area contributed by atoms with E-state index in [0.29, 0.717) is 10.2 Å². The number of hydrogen-bond donors (Lipinski definition) is 0. The molecule has 0 aliphatic carbocycles. The minimum absolute atomic E-state index is 0.0688. The normalized spacial score (nSPS) is 10.6. The van der Waals surface area contributed by atoms with Crippen molar-refractivity contribution in [3.05, 3.63) is 44.9 Å². The fourth-order valence-corrected chi connectivity index (χ4v) is 2.27. The molecule has 0 fully saturated rings. The first-order valence-corrected chi connectivity index (χ1v) is 6.42. The predicted octanol–water partition coefficient (Wildman–Crippen LogP) is 3.52. The molecule has 0 saturated carbocycles. The molecule has 2 aromatic rings. The van der Waals surface area contributed by atoms with E-state index >= 15 is 0 Å². The minimum atomic E-state index is -0.610. The molecule has 100 valence electrons. The molecule has 0 amide bonds. The van der Waals surface area contributed by atoms with Gasteiger partial charge in [-0.15, -0.1) is 0 Å². The first-order valence-electron chi connectivity index (χ1n) is 5.25. The van der Waals surface area contributed by atoms with Crippen LogP contribution in [-0.2, 0) is 4.74 Å². The monoisotopic (exact) mass is 346 g/mol. The van der Waals surface area contributed by atoms with Crippen LogP contribution in [0.15, 0.2) is 22.7 Å². The standard InChI is InChI=1S/C12H9BrClFN2O2/c1-6-9(13)10(12(18)19-2)16-17(6)11-7(14)4-3-5-8(11)15/h3-5H,1-2H3. The Bertz CT molecular complexity index is 637. The lowest BCUT2D eigenvalue weighted by Crippen LogP contribution is -2.06. The second kappa shape index (κ2) is 5.30. The number of methoxy groups -OCH3 is 1. The molecule has 1 heterocycles. The Morgan fingerprint density at radius 1 is 1.53 bits per heavy atom. The van der Waals surface area contributed by atoms with Crippen LogP contribution in [0.5, 0.6) is 0 Å². The Labute approximate surface area is 122 Å². The molecule has 0 atom stereocenters. The van der Waals surface area contributed by atoms with Gasteiger partial charge in [-0.1, -0.05) is 17.7 Å². The van der Waals surface area contributed by atoms with E-state index in [2.05, 4.69) is 25.8 Å². The van der Waals surface area contributed by atoms with E-state index in [9.17, 15) is 9.18 Å². The van der Waals surface area contributed by atoms with Crippen molar-refractivity contribution < 1.29 is 13.9 Å². The Balaban J connectivity index is 2.68. The van der Waals surface area contributed by atoms with Gasteiger partial charge in [-0.2, -0.15) is 5.10 Å². The molecule has 0 aliphatic rings. The highest BCUT2D eigenvalue weighted by Crippen LogP contribution is 2.29. The lowest BCUT2D eigenvalue weighted by atomic mass is 10.3. The largest absolute Gasteiger partial charge is 0.464 e. The average Bonchev–Trinajstić information content (AvgIpc) is 2.66. The van der Waals surface area contributed by atoms with Crippen molar-refractivity contribution in [3.63, 3.8) is 0 Å². The van der Waals surface area contributed by atoms with Gasteiger partial charge < -0.3 is 4.74 Å². The van der Waals surface area contributed by atoms with E-state index in [1.165, 1.54) is 23.9 Å². The third-order valence-corrected chi connectivity index (χ3v) is 3.83. The maximum atomic E-state index is 13.9. The zero-order valence-electron chi connectivity index (χ0n) is 10.1. The maximum Gasteiger partial charge on any atom is 0.359 e. The fraction of sp³-hybridized carbons (Fsp3) is 0.167. The van der Waals surface area contributed by atoms with E-state index < -0.39 is 11.8 Å². The van der Waals surface area contributed by atoms with E-state index in [-0.39, 0.29) is 16.4 Å². The first kappa shape index (κ1) is 14.0. The van der Waals surface area contributed by atoms with Crippen LogP contribution < -0.4 is 0 Å². The van der Waals surface area contributed by atoms with Gasteiger partial charge >= 0.3 is 5.97 Å². The molecule has 0 radical (unpaired) electrons. The zero-order chi connectivity index (χ0) is 14.2. The van der Waals surface area contributed by atoms with Gasteiger partial charge in [-0.05, 0) is 35.0 Å². The Hall–Kier alpha value is -1.40. The Morgan fingerprint density at radius 3 is 2.79 bits per heavy atom. The number of hydrogen-bond acceptors (Lipinski definition) is 3. The number of ether oxygens (including phenoxy) is 1. The summed E-state index contributed by atoms with van der Waals surface area (Å²) < 4.78 is 20.2. The van der Waals surface area contributed by atoms with Crippen molar-refractivity contribution in [1.29, 1.82) is 0 Å². The summed E-state index contributed by atoms with van der Waals surface area (Å²) in [5.41, 5.74) is 0.712. The molecule has 4 nitrogen and oxygen atoms in total. The highest BCUT2D eigenvalue weighted by atomic mass is 79.9. The molecule has 0 aliphatic heterocycles. The van der Waals surface area contributed by atoms with Crippen molar-refractivity contribution in [2.75, 3.05) is 7.11 Å². The van der Waals surface area contributed by atoms with Gasteiger partial charge in [0.2, 0.25) is 0 Å². The van der Waals surface area contributed by atoms with E-state index in [4.69, 9.17) is 11.6 Å². The number of aromatic nitrogens is 2. The minimum Gasteiger partial charge on any atom is -0.464 e. The smallest absolute Gasteiger partial charge is 0.359 e. The molecule has 2 rings (SSSR count). The van der Waals surface area contributed by atoms with Crippen molar-refractivity contribution in [2.24, 2.45) is 0 Å². The molecule has 0 bridgehead atoms. The quantitative estimate of drug-likeness (QED) is 0.781. The summed E-state index contributed by atoms with van der Waals surface area (Å²) in [5.74, 6) is -1.14. The van der Waals surface area contributed by atoms with E-state index in [1.54, 1.807) is 13.0 Å². The van der Waals surface area contributed by atoms with Gasteiger partial charge in [0.25, 0.3) is 0 Å². The number of para-hydroxylation sites is 1. The second-order valence-electron chi connectivity index (χ2n) is 3.72. The number of carbonyl (C=O) groups is 1. The van der Waals surface area contributed by atoms with Crippen molar-refractivity contribution >= 4 is 33.5 Å². The summed E-state index contributed by atoms with van der Waals surface area (Å²) in [5, 5.41) is 4.25. The Kier molecular flexibility index (Phi) is 3.91. The van der Waals surface area contributed by atoms with Crippen LogP contribution in [0.1, 0.15) is 16.2 Å². The summed E-state index contributed by atoms with van der Waals surface area (Å²) in [6, 6.07) is 4.32. The summed E-state index contributed by atoms with van der Waals surface area (Å²) in [7, 11) is 1.25. The van der Waals surface area contributed by atoms with Crippen LogP contribution in [0.2, 0.25) is 5.02 Å². The van der Waals surface area contributed by atoms with Crippen LogP contribution in [0.25, 0.3) is 5.69 Å². The van der Waals surface area contributed by atoms with Crippen LogP contribution in [0, 0.1) is 12.7 Å². The molecular weight excluding hydrogens is 338 g/mol. The molecule has 1 aromatic carbocycles. The summed E-state index contributed by atoms with van der Waals surface area (Å²) in [6.45, 7) is 1.69. The van der Waals surface area contributed by atoms with Crippen molar-refractivity contribution in [3.8, 4) is 5.69 Å². The molecule has 0 N–H and O–H groups in total. The molecule has 1 aromatic heterocycles. The van der Waals surface area contributed by atoms with Crippen LogP contribution in [-0.4, -0.2) is 22.9 Å². The lowest BCUT2D eigenvalue weighted by Gasteiger charge is -2.07. The number of halogens is 3. The van der Waals surface area contributed by atoms with Crippen LogP contribution in [0.3, 0.4) is 0 Å². The average molecular weight is 348 g/mol. The summed E-state index contributed by atoms with van der Waals surface area (Å²) >= 11 is 9.22. The van der Waals surface area contributed by atoms with Crippen molar-refractivity contribution in [1.82, 2.24) is 9.78 Å². The molecule has 0 spiro atoms. The topological polar surface area (TPSA) is 44.1 Å². The second-order valence-corrected chi connectivity index (χ2v) is 4.92. The van der Waals surface area contributed by atoms with E-state index in [0.717, 1.165) is 0 Å². The van der Waals surface area contributed by atoms with Gasteiger partial charge in [-0.3, -0.25) is 0 Å². The SMILES string of the molecule is COC(=O)c1nn(-c2c(F)cccc2Cl)c(C)c1Br. The highest BCUT2D eigenvalue weighted by molar-refractivity contribution is 9.10. The lowest BCUT2D eigenvalue weighted by molar-refractivity contribution is 0.0592. The number of rotatable bonds is 2. The third-order valence-electron chi connectivity index (χ3n) is 2.57. The highest BCUT2D eigenvalue weighted by Gasteiger charge is 2.22.